The molecular weight excluding hydrogens is 420 g/mol. The van der Waals surface area contributed by atoms with Crippen LogP contribution in [0.4, 0.5) is 5.00 Å². The van der Waals surface area contributed by atoms with Gasteiger partial charge in [-0.3, -0.25) is 4.79 Å². The molecule has 1 unspecified atom stereocenters. The van der Waals surface area contributed by atoms with Gasteiger partial charge in [-0.05, 0) is 55.8 Å². The Balaban J connectivity index is 1.71. The van der Waals surface area contributed by atoms with Gasteiger partial charge in [0.25, 0.3) is 5.91 Å². The Kier molecular flexibility index (Phi) is 7.58. The first-order chi connectivity index (χ1) is 15.7. The Morgan fingerprint density at radius 2 is 1.81 bits per heavy atom. The molecule has 5 nitrogen and oxygen atoms in total. The van der Waals surface area contributed by atoms with Gasteiger partial charge in [0.15, 0.2) is 0 Å². The number of benzene rings is 2. The third kappa shape index (κ3) is 5.21. The van der Waals surface area contributed by atoms with Gasteiger partial charge in [0.05, 0.1) is 19.8 Å². The minimum Gasteiger partial charge on any atom is -0.494 e. The van der Waals surface area contributed by atoms with Crippen LogP contribution < -0.4 is 15.0 Å². The summed E-state index contributed by atoms with van der Waals surface area (Å²) in [7, 11) is 0. The van der Waals surface area contributed by atoms with Gasteiger partial charge in [0.2, 0.25) is 0 Å². The Morgan fingerprint density at radius 1 is 1.09 bits per heavy atom. The van der Waals surface area contributed by atoms with Gasteiger partial charge in [-0.15, -0.1) is 11.3 Å². The van der Waals surface area contributed by atoms with E-state index < -0.39 is 0 Å². The molecule has 3 aromatic rings. The SMILES string of the molecule is CCOc1ccc(C(c2cc(CC)sc2NC(=O)c2ccccc2)[NH+]2CCOCC2)cc1. The van der Waals surface area contributed by atoms with Crippen LogP contribution in [0.3, 0.4) is 0 Å². The Morgan fingerprint density at radius 3 is 2.47 bits per heavy atom. The van der Waals surface area contributed by atoms with Crippen LogP contribution >= 0.6 is 11.3 Å². The third-order valence-electron chi connectivity index (χ3n) is 5.80. The van der Waals surface area contributed by atoms with Crippen LogP contribution in [0.1, 0.15) is 46.3 Å². The average molecular weight is 452 g/mol. The van der Waals surface area contributed by atoms with Crippen molar-refractivity contribution in [3.8, 4) is 5.75 Å². The first kappa shape index (κ1) is 22.5. The van der Waals surface area contributed by atoms with Crippen molar-refractivity contribution >= 4 is 22.2 Å². The van der Waals surface area contributed by atoms with Gasteiger partial charge in [0, 0.05) is 21.6 Å². The smallest absolute Gasteiger partial charge is 0.256 e. The van der Waals surface area contributed by atoms with Crippen LogP contribution in [0.2, 0.25) is 0 Å². The van der Waals surface area contributed by atoms with Crippen molar-refractivity contribution in [1.82, 2.24) is 0 Å². The Labute approximate surface area is 194 Å². The number of carbonyl (C=O) groups excluding carboxylic acids is 1. The van der Waals surface area contributed by atoms with Gasteiger partial charge in [-0.2, -0.15) is 0 Å². The lowest BCUT2D eigenvalue weighted by molar-refractivity contribution is -0.933. The number of hydrogen-bond acceptors (Lipinski definition) is 4. The maximum Gasteiger partial charge on any atom is 0.256 e. The van der Waals surface area contributed by atoms with E-state index in [1.807, 2.05) is 49.4 Å². The van der Waals surface area contributed by atoms with E-state index in [0.29, 0.717) is 12.2 Å². The highest BCUT2D eigenvalue weighted by Gasteiger charge is 2.32. The minimum absolute atomic E-state index is 0.0706. The largest absolute Gasteiger partial charge is 0.494 e. The van der Waals surface area contributed by atoms with E-state index in [9.17, 15) is 4.79 Å². The number of nitrogens with one attached hydrogen (secondary N) is 2. The second kappa shape index (κ2) is 10.8. The van der Waals surface area contributed by atoms with Gasteiger partial charge in [-0.1, -0.05) is 25.1 Å². The zero-order valence-electron chi connectivity index (χ0n) is 18.7. The molecule has 32 heavy (non-hydrogen) atoms. The van der Waals surface area contributed by atoms with E-state index in [1.165, 1.54) is 20.9 Å². The van der Waals surface area contributed by atoms with Gasteiger partial charge >= 0.3 is 0 Å². The van der Waals surface area contributed by atoms with E-state index in [1.54, 1.807) is 11.3 Å². The molecular formula is C26H31N2O3S+. The zero-order valence-corrected chi connectivity index (χ0v) is 19.5. The quantitative estimate of drug-likeness (QED) is 0.545. The number of ether oxygens (including phenoxy) is 2. The molecule has 1 aliphatic heterocycles. The summed E-state index contributed by atoms with van der Waals surface area (Å²) < 4.78 is 11.3. The predicted octanol–water partition coefficient (Wildman–Crippen LogP) is 3.97. The molecule has 0 aliphatic carbocycles. The highest BCUT2D eigenvalue weighted by Crippen LogP contribution is 2.36. The number of quaternary nitrogens is 1. The van der Waals surface area contributed by atoms with Crippen molar-refractivity contribution in [2.45, 2.75) is 26.3 Å². The number of amides is 1. The molecule has 0 saturated carbocycles. The van der Waals surface area contributed by atoms with E-state index in [-0.39, 0.29) is 11.9 Å². The molecule has 0 radical (unpaired) electrons. The van der Waals surface area contributed by atoms with Crippen molar-refractivity contribution < 1.29 is 19.2 Å². The second-order valence-electron chi connectivity index (χ2n) is 7.88. The van der Waals surface area contributed by atoms with Gasteiger partial charge in [-0.25, -0.2) is 0 Å². The maximum atomic E-state index is 13.0. The summed E-state index contributed by atoms with van der Waals surface area (Å²) in [4.78, 5) is 15.7. The predicted molar refractivity (Wildman–Crippen MR) is 129 cm³/mol. The molecule has 1 saturated heterocycles. The Bertz CT molecular complexity index is 1010. The number of rotatable bonds is 8. The van der Waals surface area contributed by atoms with E-state index in [0.717, 1.165) is 43.5 Å². The Hall–Kier alpha value is -2.67. The zero-order chi connectivity index (χ0) is 22.3. The van der Waals surface area contributed by atoms with Crippen molar-refractivity contribution in [2.75, 3.05) is 38.2 Å². The summed E-state index contributed by atoms with van der Waals surface area (Å²) >= 11 is 1.68. The monoisotopic (exact) mass is 451 g/mol. The van der Waals surface area contributed by atoms with Crippen LogP contribution in [0.25, 0.3) is 0 Å². The number of morpholine rings is 1. The standard InChI is InChI=1S/C26H30N2O3S/c1-3-22-18-23(26(32-22)27-25(29)20-8-6-5-7-9-20)24(28-14-16-30-17-15-28)19-10-12-21(13-11-19)31-4-2/h5-13,18,24H,3-4,14-17H2,1-2H3,(H,27,29)/p+1. The van der Waals surface area contributed by atoms with E-state index in [2.05, 4.69) is 30.4 Å². The molecule has 1 atom stereocenters. The number of aryl methyl sites for hydroxylation is 1. The summed E-state index contributed by atoms with van der Waals surface area (Å²) in [6, 6.07) is 20.2. The van der Waals surface area contributed by atoms with Gasteiger partial charge in [0.1, 0.15) is 29.9 Å². The first-order valence-corrected chi connectivity index (χ1v) is 12.1. The molecule has 0 spiro atoms. The molecule has 2 heterocycles. The van der Waals surface area contributed by atoms with Crippen molar-refractivity contribution in [2.24, 2.45) is 0 Å². The third-order valence-corrected chi connectivity index (χ3v) is 7.01. The molecule has 6 heteroatoms. The minimum atomic E-state index is -0.0706. The highest BCUT2D eigenvalue weighted by molar-refractivity contribution is 7.16. The normalized spacial score (nSPS) is 15.3. The van der Waals surface area contributed by atoms with E-state index >= 15 is 0 Å². The fraction of sp³-hybridized carbons (Fsp3) is 0.346. The summed E-state index contributed by atoms with van der Waals surface area (Å²) in [6.07, 6.45) is 0.938. The van der Waals surface area contributed by atoms with E-state index in [4.69, 9.17) is 9.47 Å². The van der Waals surface area contributed by atoms with Gasteiger partial charge < -0.3 is 19.7 Å². The molecule has 1 aliphatic rings. The second-order valence-corrected chi connectivity index (χ2v) is 9.01. The van der Waals surface area contributed by atoms with Crippen molar-refractivity contribution in [1.29, 1.82) is 0 Å². The number of thiophene rings is 1. The number of carbonyl (C=O) groups is 1. The van der Waals surface area contributed by atoms with Crippen molar-refractivity contribution in [3.05, 3.63) is 82.2 Å². The molecule has 0 bridgehead atoms. The fourth-order valence-corrected chi connectivity index (χ4v) is 5.22. The summed E-state index contributed by atoms with van der Waals surface area (Å²) in [6.45, 7) is 8.17. The summed E-state index contributed by atoms with van der Waals surface area (Å²) in [5.74, 6) is 0.808. The molecule has 168 valence electrons. The topological polar surface area (TPSA) is 52.0 Å². The van der Waals surface area contributed by atoms with Crippen LogP contribution in [-0.2, 0) is 11.2 Å². The van der Waals surface area contributed by atoms with Crippen LogP contribution in [0.15, 0.2) is 60.7 Å². The molecule has 1 aromatic heterocycles. The molecule has 4 rings (SSSR count). The number of hydrogen-bond donors (Lipinski definition) is 2. The van der Waals surface area contributed by atoms with Crippen molar-refractivity contribution in [3.63, 3.8) is 0 Å². The molecule has 2 N–H and O–H groups in total. The molecule has 2 aromatic carbocycles. The van der Waals surface area contributed by atoms with Crippen LogP contribution in [0.5, 0.6) is 5.75 Å². The lowest BCUT2D eigenvalue weighted by Crippen LogP contribution is -3.14. The summed E-state index contributed by atoms with van der Waals surface area (Å²) in [5, 5.41) is 4.15. The van der Waals surface area contributed by atoms with Crippen LogP contribution in [0, 0.1) is 0 Å². The fourth-order valence-electron chi connectivity index (χ4n) is 4.19. The summed E-state index contributed by atoms with van der Waals surface area (Å²) in [5.41, 5.74) is 3.07. The maximum absolute atomic E-state index is 13.0. The molecule has 1 fully saturated rings. The van der Waals surface area contributed by atoms with Crippen LogP contribution in [-0.4, -0.2) is 38.8 Å². The lowest BCUT2D eigenvalue weighted by atomic mass is 9.97. The first-order valence-electron chi connectivity index (χ1n) is 11.3. The number of anilines is 1. The molecule has 1 amide bonds. The highest BCUT2D eigenvalue weighted by atomic mass is 32.1. The average Bonchev–Trinajstić information content (AvgIpc) is 3.24. The lowest BCUT2D eigenvalue weighted by Gasteiger charge is -2.32.